The molecule has 1 atom stereocenters. The molecule has 1 amide bonds. The molecule has 1 saturated carbocycles. The van der Waals surface area contributed by atoms with Gasteiger partial charge in [0.05, 0.1) is 6.26 Å². The lowest BCUT2D eigenvalue weighted by molar-refractivity contribution is 0.0234. The summed E-state index contributed by atoms with van der Waals surface area (Å²) in [6.45, 7) is 9.37. The third-order valence-corrected chi connectivity index (χ3v) is 3.87. The van der Waals surface area contributed by atoms with E-state index >= 15 is 0 Å². The van der Waals surface area contributed by atoms with Crippen molar-refractivity contribution in [3.8, 4) is 0 Å². The summed E-state index contributed by atoms with van der Waals surface area (Å²) in [6.07, 6.45) is 5.65. The Kier molecular flexibility index (Phi) is 6.10. The maximum Gasteiger partial charge on any atom is 0.410 e. The number of nitrogens with zero attached hydrogens (tertiary/aromatic N) is 1. The lowest BCUT2D eigenvalue weighted by atomic mass is 10.1. The van der Waals surface area contributed by atoms with E-state index in [0.29, 0.717) is 18.6 Å². The molecule has 130 valence electrons. The highest BCUT2D eigenvalue weighted by atomic mass is 16.6. The van der Waals surface area contributed by atoms with E-state index in [1.807, 2.05) is 37.8 Å². The molecule has 0 bridgehead atoms. The number of hydrogen-bond acceptors (Lipinski definition) is 4. The van der Waals surface area contributed by atoms with E-state index in [1.54, 1.807) is 6.26 Å². The van der Waals surface area contributed by atoms with E-state index in [1.165, 1.54) is 0 Å². The summed E-state index contributed by atoms with van der Waals surface area (Å²) in [5.41, 5.74) is -0.437. The predicted octanol–water partition coefficient (Wildman–Crippen LogP) is 3.59. The third kappa shape index (κ3) is 6.65. The van der Waals surface area contributed by atoms with E-state index < -0.39 is 5.60 Å². The van der Waals surface area contributed by atoms with Crippen LogP contribution in [0.2, 0.25) is 0 Å². The molecule has 5 heteroatoms. The number of nitrogens with one attached hydrogen (secondary N) is 1. The minimum absolute atomic E-state index is 0.190. The first-order valence-electron chi connectivity index (χ1n) is 8.60. The van der Waals surface area contributed by atoms with Crippen LogP contribution < -0.4 is 5.32 Å². The van der Waals surface area contributed by atoms with Gasteiger partial charge in [-0.3, -0.25) is 0 Å². The van der Waals surface area contributed by atoms with Crippen molar-refractivity contribution >= 4 is 6.09 Å². The first-order chi connectivity index (χ1) is 10.8. The molecule has 1 aromatic rings. The second-order valence-electron chi connectivity index (χ2n) is 7.38. The Labute approximate surface area is 139 Å². The Morgan fingerprint density at radius 2 is 2.22 bits per heavy atom. The zero-order chi connectivity index (χ0) is 16.9. The first kappa shape index (κ1) is 17.9. The maximum absolute atomic E-state index is 12.3. The Balaban J connectivity index is 1.68. The Bertz CT molecular complexity index is 475. The summed E-state index contributed by atoms with van der Waals surface area (Å²) in [6, 6.07) is 4.68. The second kappa shape index (κ2) is 7.86. The topological polar surface area (TPSA) is 54.7 Å². The van der Waals surface area contributed by atoms with E-state index in [-0.39, 0.29) is 6.09 Å². The quantitative estimate of drug-likeness (QED) is 0.794. The molecule has 0 spiro atoms. The predicted molar refractivity (Wildman–Crippen MR) is 90.5 cm³/mol. The van der Waals surface area contributed by atoms with Gasteiger partial charge in [0.15, 0.2) is 0 Å². The SMILES string of the molecule is CC(CCc1ccco1)NCCN(C(=O)OC(C)(C)C)C1CC1. The number of rotatable bonds is 8. The number of carbonyl (C=O) groups excluding carboxylic acids is 1. The van der Waals surface area contributed by atoms with E-state index in [4.69, 9.17) is 9.15 Å². The second-order valence-corrected chi connectivity index (χ2v) is 7.38. The molecule has 1 aliphatic carbocycles. The fraction of sp³-hybridized carbons (Fsp3) is 0.722. The van der Waals surface area contributed by atoms with Crippen molar-refractivity contribution in [2.24, 2.45) is 0 Å². The fourth-order valence-electron chi connectivity index (χ4n) is 2.48. The summed E-state index contributed by atoms with van der Waals surface area (Å²) in [5, 5.41) is 3.48. The minimum atomic E-state index is -0.437. The largest absolute Gasteiger partial charge is 0.469 e. The van der Waals surface area contributed by atoms with Crippen LogP contribution in [0.25, 0.3) is 0 Å². The summed E-state index contributed by atoms with van der Waals surface area (Å²) >= 11 is 0. The number of aryl methyl sites for hydroxylation is 1. The van der Waals surface area contributed by atoms with Gasteiger partial charge in [-0.25, -0.2) is 4.79 Å². The van der Waals surface area contributed by atoms with Crippen molar-refractivity contribution in [1.82, 2.24) is 10.2 Å². The Hall–Kier alpha value is -1.49. The molecule has 1 aliphatic rings. The zero-order valence-electron chi connectivity index (χ0n) is 14.8. The summed E-state index contributed by atoms with van der Waals surface area (Å²) < 4.78 is 10.8. The molecule has 0 saturated heterocycles. The number of hydrogen-bond donors (Lipinski definition) is 1. The Morgan fingerprint density at radius 3 is 2.78 bits per heavy atom. The van der Waals surface area contributed by atoms with Gasteiger partial charge in [-0.05, 0) is 59.1 Å². The Morgan fingerprint density at radius 1 is 1.48 bits per heavy atom. The van der Waals surface area contributed by atoms with Crippen LogP contribution in [0.5, 0.6) is 0 Å². The van der Waals surface area contributed by atoms with Gasteiger partial charge in [0.1, 0.15) is 11.4 Å². The van der Waals surface area contributed by atoms with Gasteiger partial charge in [-0.15, -0.1) is 0 Å². The van der Waals surface area contributed by atoms with Crippen molar-refractivity contribution in [2.75, 3.05) is 13.1 Å². The van der Waals surface area contributed by atoms with Gasteiger partial charge in [0, 0.05) is 31.6 Å². The lowest BCUT2D eigenvalue weighted by Crippen LogP contribution is -2.43. The molecule has 0 aromatic carbocycles. The number of carbonyl (C=O) groups is 1. The smallest absolute Gasteiger partial charge is 0.410 e. The van der Waals surface area contributed by atoms with Crippen molar-refractivity contribution in [3.05, 3.63) is 24.2 Å². The molecule has 2 rings (SSSR count). The van der Waals surface area contributed by atoms with Gasteiger partial charge in [0.2, 0.25) is 0 Å². The molecule has 1 N–H and O–H groups in total. The van der Waals surface area contributed by atoms with Crippen LogP contribution in [-0.2, 0) is 11.2 Å². The molecule has 1 heterocycles. The monoisotopic (exact) mass is 322 g/mol. The van der Waals surface area contributed by atoms with Gasteiger partial charge >= 0.3 is 6.09 Å². The van der Waals surface area contributed by atoms with Gasteiger partial charge in [-0.1, -0.05) is 0 Å². The maximum atomic E-state index is 12.3. The van der Waals surface area contributed by atoms with Crippen LogP contribution in [0.4, 0.5) is 4.79 Å². The van der Waals surface area contributed by atoms with E-state index in [9.17, 15) is 4.79 Å². The minimum Gasteiger partial charge on any atom is -0.469 e. The van der Waals surface area contributed by atoms with Crippen LogP contribution in [0.15, 0.2) is 22.8 Å². The standard InChI is InChI=1S/C18H30N2O3/c1-14(7-10-16-6-5-13-22-16)19-11-12-20(15-8-9-15)17(21)23-18(2,3)4/h5-6,13-15,19H,7-12H2,1-4H3. The number of furan rings is 1. The number of amides is 1. The average molecular weight is 322 g/mol. The van der Waals surface area contributed by atoms with Crippen molar-refractivity contribution in [3.63, 3.8) is 0 Å². The zero-order valence-corrected chi connectivity index (χ0v) is 14.8. The fourth-order valence-corrected chi connectivity index (χ4v) is 2.48. The lowest BCUT2D eigenvalue weighted by Gasteiger charge is -2.28. The molecule has 23 heavy (non-hydrogen) atoms. The van der Waals surface area contributed by atoms with E-state index in [0.717, 1.165) is 38.0 Å². The summed E-state index contributed by atoms with van der Waals surface area (Å²) in [4.78, 5) is 14.1. The van der Waals surface area contributed by atoms with Gasteiger partial charge < -0.3 is 19.4 Å². The van der Waals surface area contributed by atoms with Crippen LogP contribution in [0.1, 0.15) is 52.7 Å². The van der Waals surface area contributed by atoms with Crippen molar-refractivity contribution in [2.45, 2.75) is 71.1 Å². The molecular formula is C18H30N2O3. The molecule has 0 radical (unpaired) electrons. The highest BCUT2D eigenvalue weighted by Gasteiger charge is 2.34. The highest BCUT2D eigenvalue weighted by molar-refractivity contribution is 5.69. The third-order valence-electron chi connectivity index (χ3n) is 3.87. The number of ether oxygens (including phenoxy) is 1. The van der Waals surface area contributed by atoms with Gasteiger partial charge in [-0.2, -0.15) is 0 Å². The van der Waals surface area contributed by atoms with E-state index in [2.05, 4.69) is 12.2 Å². The molecule has 1 unspecified atom stereocenters. The molecule has 0 aliphatic heterocycles. The summed E-state index contributed by atoms with van der Waals surface area (Å²) in [7, 11) is 0. The van der Waals surface area contributed by atoms with Crippen LogP contribution in [-0.4, -0.2) is 41.8 Å². The van der Waals surface area contributed by atoms with Gasteiger partial charge in [0.25, 0.3) is 0 Å². The van der Waals surface area contributed by atoms with Crippen LogP contribution in [0, 0.1) is 0 Å². The highest BCUT2D eigenvalue weighted by Crippen LogP contribution is 2.28. The van der Waals surface area contributed by atoms with Crippen molar-refractivity contribution < 1.29 is 13.9 Å². The van der Waals surface area contributed by atoms with Crippen molar-refractivity contribution in [1.29, 1.82) is 0 Å². The molecule has 5 nitrogen and oxygen atoms in total. The molecule has 1 aromatic heterocycles. The normalized spacial score (nSPS) is 16.2. The van der Waals surface area contributed by atoms with Crippen LogP contribution >= 0.6 is 0 Å². The average Bonchev–Trinajstić information content (AvgIpc) is 3.14. The first-order valence-corrected chi connectivity index (χ1v) is 8.60. The molecular weight excluding hydrogens is 292 g/mol. The summed E-state index contributed by atoms with van der Waals surface area (Å²) in [5.74, 6) is 1.02. The van der Waals surface area contributed by atoms with Crippen LogP contribution in [0.3, 0.4) is 0 Å². The molecule has 1 fully saturated rings.